The number of methoxy groups -OCH3 is 1. The van der Waals surface area contributed by atoms with Crippen molar-refractivity contribution >= 4 is 23.7 Å². The van der Waals surface area contributed by atoms with E-state index in [1.807, 2.05) is 42.5 Å². The molecule has 0 aliphatic heterocycles. The molecule has 0 aliphatic rings. The van der Waals surface area contributed by atoms with Crippen molar-refractivity contribution in [1.29, 1.82) is 0 Å². The zero-order chi connectivity index (χ0) is 18.9. The van der Waals surface area contributed by atoms with Crippen molar-refractivity contribution in [3.63, 3.8) is 0 Å². The van der Waals surface area contributed by atoms with Gasteiger partial charge in [-0.1, -0.05) is 35.4 Å². The molecule has 1 heterocycles. The lowest BCUT2D eigenvalue weighted by molar-refractivity contribution is -0.116. The first-order chi connectivity index (χ1) is 13.2. The van der Waals surface area contributed by atoms with Gasteiger partial charge >= 0.3 is 6.01 Å². The average molecular weight is 383 g/mol. The predicted molar refractivity (Wildman–Crippen MR) is 105 cm³/mol. The number of nitrogens with zero attached hydrogens (tertiary/aromatic N) is 2. The molecule has 0 saturated carbocycles. The molecule has 0 unspecified atom stereocenters. The zero-order valence-electron chi connectivity index (χ0n) is 15.1. The lowest BCUT2D eigenvalue weighted by atomic mass is 10.1. The summed E-state index contributed by atoms with van der Waals surface area (Å²) in [4.78, 5) is 13.2. The highest BCUT2D eigenvalue weighted by Gasteiger charge is 2.10. The normalized spacial score (nSPS) is 10.6. The first kappa shape index (κ1) is 19.0. The summed E-state index contributed by atoms with van der Waals surface area (Å²) < 4.78 is 10.6. The molecule has 3 aromatic rings. The first-order valence-electron chi connectivity index (χ1n) is 8.66. The number of thioether (sulfide) groups is 1. The van der Waals surface area contributed by atoms with Gasteiger partial charge in [-0.15, -0.1) is 16.9 Å². The highest BCUT2D eigenvalue weighted by atomic mass is 32.2. The maximum atomic E-state index is 12.0. The van der Waals surface area contributed by atoms with Gasteiger partial charge in [0.25, 0.3) is 0 Å². The van der Waals surface area contributed by atoms with Crippen molar-refractivity contribution in [2.45, 2.75) is 24.2 Å². The Hall–Kier alpha value is -2.80. The zero-order valence-corrected chi connectivity index (χ0v) is 15.9. The fourth-order valence-electron chi connectivity index (χ4n) is 2.41. The van der Waals surface area contributed by atoms with Crippen molar-refractivity contribution < 1.29 is 13.9 Å². The molecule has 2 aromatic carbocycles. The second kappa shape index (κ2) is 9.78. The number of rotatable bonds is 9. The van der Waals surface area contributed by atoms with Crippen LogP contribution in [0, 0.1) is 0 Å². The monoisotopic (exact) mass is 383 g/mol. The van der Waals surface area contributed by atoms with Crippen LogP contribution in [0.3, 0.4) is 0 Å². The van der Waals surface area contributed by atoms with Crippen LogP contribution in [0.4, 0.5) is 6.01 Å². The van der Waals surface area contributed by atoms with Gasteiger partial charge in [-0.3, -0.25) is 10.1 Å². The van der Waals surface area contributed by atoms with Gasteiger partial charge in [0, 0.05) is 11.3 Å². The third-order valence-electron chi connectivity index (χ3n) is 3.79. The van der Waals surface area contributed by atoms with E-state index in [1.54, 1.807) is 18.9 Å². The summed E-state index contributed by atoms with van der Waals surface area (Å²) in [6.07, 6.45) is 1.69. The minimum absolute atomic E-state index is 0.122. The van der Waals surface area contributed by atoms with Crippen molar-refractivity contribution in [3.8, 4) is 5.75 Å². The van der Waals surface area contributed by atoms with E-state index in [0.29, 0.717) is 18.7 Å². The van der Waals surface area contributed by atoms with Crippen LogP contribution in [0.1, 0.15) is 24.3 Å². The summed E-state index contributed by atoms with van der Waals surface area (Å²) in [5, 5.41) is 10.5. The topological polar surface area (TPSA) is 77.3 Å². The first-order valence-corrected chi connectivity index (χ1v) is 9.64. The number of anilines is 1. The third kappa shape index (κ3) is 6.14. The second-order valence-corrected chi connectivity index (χ2v) is 7.01. The standard InChI is InChI=1S/C20H21N3O3S/c1-25-16-11-9-15(10-12-16)14-19-22-23-20(26-19)21-18(24)8-5-13-27-17-6-3-2-4-7-17/h2-4,6-7,9-12H,5,8,13-14H2,1H3,(H,21,23,24). The Balaban J connectivity index is 1.40. The molecule has 7 heteroatoms. The van der Waals surface area contributed by atoms with E-state index in [9.17, 15) is 4.79 Å². The van der Waals surface area contributed by atoms with E-state index < -0.39 is 0 Å². The largest absolute Gasteiger partial charge is 0.497 e. The van der Waals surface area contributed by atoms with Crippen LogP contribution in [-0.4, -0.2) is 29.0 Å². The van der Waals surface area contributed by atoms with Crippen molar-refractivity contribution in [3.05, 3.63) is 66.1 Å². The van der Waals surface area contributed by atoms with Crippen molar-refractivity contribution in [1.82, 2.24) is 10.2 Å². The Labute approximate surface area is 162 Å². The smallest absolute Gasteiger partial charge is 0.322 e. The van der Waals surface area contributed by atoms with Crippen LogP contribution in [0.5, 0.6) is 5.75 Å². The van der Waals surface area contributed by atoms with Crippen LogP contribution >= 0.6 is 11.8 Å². The minimum atomic E-state index is -0.122. The lowest BCUT2D eigenvalue weighted by Crippen LogP contribution is -2.11. The van der Waals surface area contributed by atoms with Crippen LogP contribution in [0.2, 0.25) is 0 Å². The molecule has 1 amide bonds. The summed E-state index contributed by atoms with van der Waals surface area (Å²) in [7, 11) is 1.63. The van der Waals surface area contributed by atoms with E-state index in [0.717, 1.165) is 23.5 Å². The molecule has 1 N–H and O–H groups in total. The Kier molecular flexibility index (Phi) is 6.87. The van der Waals surface area contributed by atoms with Gasteiger partial charge in [-0.2, -0.15) is 0 Å². The molecule has 0 bridgehead atoms. The molecule has 0 saturated heterocycles. The molecule has 0 atom stereocenters. The van der Waals surface area contributed by atoms with Gasteiger partial charge < -0.3 is 9.15 Å². The molecule has 0 radical (unpaired) electrons. The fraction of sp³-hybridized carbons (Fsp3) is 0.250. The van der Waals surface area contributed by atoms with Crippen LogP contribution in [-0.2, 0) is 11.2 Å². The number of ether oxygens (including phenoxy) is 1. The van der Waals surface area contributed by atoms with Gasteiger partial charge in [0.05, 0.1) is 13.5 Å². The van der Waals surface area contributed by atoms with Gasteiger partial charge in [-0.05, 0) is 42.0 Å². The quantitative estimate of drug-likeness (QED) is 0.441. The maximum absolute atomic E-state index is 12.0. The van der Waals surface area contributed by atoms with Gasteiger partial charge in [-0.25, -0.2) is 0 Å². The maximum Gasteiger partial charge on any atom is 0.322 e. The molecular weight excluding hydrogens is 362 g/mol. The highest BCUT2D eigenvalue weighted by Crippen LogP contribution is 2.19. The molecule has 0 fully saturated rings. The Morgan fingerprint density at radius 3 is 2.63 bits per heavy atom. The Morgan fingerprint density at radius 2 is 1.89 bits per heavy atom. The van der Waals surface area contributed by atoms with Gasteiger partial charge in [0.15, 0.2) is 0 Å². The molecular formula is C20H21N3O3S. The van der Waals surface area contributed by atoms with E-state index in [-0.39, 0.29) is 11.9 Å². The SMILES string of the molecule is COc1ccc(Cc2nnc(NC(=O)CCCSc3ccccc3)o2)cc1. The van der Waals surface area contributed by atoms with Crippen molar-refractivity contribution in [2.24, 2.45) is 0 Å². The number of benzene rings is 2. The number of hydrogen-bond acceptors (Lipinski definition) is 6. The Morgan fingerprint density at radius 1 is 1.11 bits per heavy atom. The fourth-order valence-corrected chi connectivity index (χ4v) is 3.29. The van der Waals surface area contributed by atoms with Crippen LogP contribution in [0.15, 0.2) is 63.9 Å². The average Bonchev–Trinajstić information content (AvgIpc) is 3.13. The molecule has 0 aliphatic carbocycles. The number of amides is 1. The molecule has 140 valence electrons. The van der Waals surface area contributed by atoms with Crippen LogP contribution < -0.4 is 10.1 Å². The molecule has 6 nitrogen and oxygen atoms in total. The number of aromatic nitrogens is 2. The molecule has 0 spiro atoms. The van der Waals surface area contributed by atoms with Gasteiger partial charge in [0.1, 0.15) is 5.75 Å². The van der Waals surface area contributed by atoms with Crippen molar-refractivity contribution in [2.75, 3.05) is 18.2 Å². The predicted octanol–water partition coefficient (Wildman–Crippen LogP) is 4.18. The number of nitrogens with one attached hydrogen (secondary N) is 1. The lowest BCUT2D eigenvalue weighted by Gasteiger charge is -2.02. The van der Waals surface area contributed by atoms with Gasteiger partial charge in [0.2, 0.25) is 11.8 Å². The summed E-state index contributed by atoms with van der Waals surface area (Å²) in [5.41, 5.74) is 1.02. The molecule has 3 rings (SSSR count). The second-order valence-electron chi connectivity index (χ2n) is 5.84. The number of carbonyl (C=O) groups is 1. The molecule has 1 aromatic heterocycles. The van der Waals surface area contributed by atoms with E-state index >= 15 is 0 Å². The number of hydrogen-bond donors (Lipinski definition) is 1. The summed E-state index contributed by atoms with van der Waals surface area (Å²) in [6.45, 7) is 0. The minimum Gasteiger partial charge on any atom is -0.497 e. The van der Waals surface area contributed by atoms with E-state index in [4.69, 9.17) is 9.15 Å². The third-order valence-corrected chi connectivity index (χ3v) is 4.89. The van der Waals surface area contributed by atoms with Crippen LogP contribution in [0.25, 0.3) is 0 Å². The summed E-state index contributed by atoms with van der Waals surface area (Å²) in [6, 6.07) is 17.9. The summed E-state index contributed by atoms with van der Waals surface area (Å²) in [5.74, 6) is 2.00. The molecule has 27 heavy (non-hydrogen) atoms. The number of carbonyl (C=O) groups excluding carboxylic acids is 1. The summed E-state index contributed by atoms with van der Waals surface area (Å²) >= 11 is 1.74. The van der Waals surface area contributed by atoms with E-state index in [1.165, 1.54) is 4.90 Å². The highest BCUT2D eigenvalue weighted by molar-refractivity contribution is 7.99. The van der Waals surface area contributed by atoms with E-state index in [2.05, 4.69) is 27.6 Å². The Bertz CT molecular complexity index is 850.